The maximum Gasteiger partial charge on any atom is 0.147 e. The zero-order valence-electron chi connectivity index (χ0n) is 13.2. The van der Waals surface area contributed by atoms with Crippen molar-refractivity contribution in [2.45, 2.75) is 26.8 Å². The summed E-state index contributed by atoms with van der Waals surface area (Å²) in [4.78, 5) is 14.3. The SMILES string of the molecule is CCN1CCN(c2cnc3ccccc3n2)CC1C(C)C. The summed E-state index contributed by atoms with van der Waals surface area (Å²) in [6.45, 7) is 11.2. The molecule has 0 saturated carbocycles. The first kappa shape index (κ1) is 14.3. The van der Waals surface area contributed by atoms with Gasteiger partial charge in [0.05, 0.1) is 17.2 Å². The van der Waals surface area contributed by atoms with E-state index in [-0.39, 0.29) is 0 Å². The molecule has 1 unspecified atom stereocenters. The lowest BCUT2D eigenvalue weighted by atomic mass is 9.99. The van der Waals surface area contributed by atoms with Gasteiger partial charge in [0.1, 0.15) is 5.82 Å². The van der Waals surface area contributed by atoms with Crippen molar-refractivity contribution in [3.05, 3.63) is 30.5 Å². The van der Waals surface area contributed by atoms with Crippen molar-refractivity contribution in [2.24, 2.45) is 5.92 Å². The second-order valence-corrected chi connectivity index (χ2v) is 6.10. The summed E-state index contributed by atoms with van der Waals surface area (Å²) in [5, 5.41) is 0. The number of nitrogens with zero attached hydrogens (tertiary/aromatic N) is 4. The summed E-state index contributed by atoms with van der Waals surface area (Å²) in [6.07, 6.45) is 1.92. The van der Waals surface area contributed by atoms with Crippen LogP contribution in [0.2, 0.25) is 0 Å². The highest BCUT2D eigenvalue weighted by molar-refractivity contribution is 5.75. The van der Waals surface area contributed by atoms with E-state index >= 15 is 0 Å². The predicted molar refractivity (Wildman–Crippen MR) is 87.6 cm³/mol. The van der Waals surface area contributed by atoms with Gasteiger partial charge in [-0.3, -0.25) is 9.88 Å². The number of benzene rings is 1. The average molecular weight is 284 g/mol. The molecular weight excluding hydrogens is 260 g/mol. The van der Waals surface area contributed by atoms with E-state index in [9.17, 15) is 0 Å². The van der Waals surface area contributed by atoms with E-state index in [4.69, 9.17) is 4.98 Å². The fraction of sp³-hybridized carbons (Fsp3) is 0.529. The Morgan fingerprint density at radius 2 is 1.95 bits per heavy atom. The third kappa shape index (κ3) is 2.86. The number of piperazine rings is 1. The molecule has 0 N–H and O–H groups in total. The molecule has 3 rings (SSSR count). The molecule has 1 aliphatic heterocycles. The van der Waals surface area contributed by atoms with Crippen LogP contribution in [0.5, 0.6) is 0 Å². The van der Waals surface area contributed by atoms with Gasteiger partial charge < -0.3 is 4.90 Å². The van der Waals surface area contributed by atoms with Crippen molar-refractivity contribution in [1.29, 1.82) is 0 Å². The van der Waals surface area contributed by atoms with Crippen LogP contribution in [0.1, 0.15) is 20.8 Å². The van der Waals surface area contributed by atoms with Crippen LogP contribution in [-0.2, 0) is 0 Å². The molecule has 0 aliphatic carbocycles. The standard InChI is InChI=1S/C17H24N4/c1-4-20-9-10-21(12-16(20)13(2)3)17-11-18-14-7-5-6-8-15(14)19-17/h5-8,11,13,16H,4,9-10,12H2,1-3H3. The van der Waals surface area contributed by atoms with Gasteiger partial charge >= 0.3 is 0 Å². The highest BCUT2D eigenvalue weighted by Crippen LogP contribution is 2.22. The molecule has 2 aromatic rings. The van der Waals surface area contributed by atoms with Crippen molar-refractivity contribution < 1.29 is 0 Å². The van der Waals surface area contributed by atoms with Crippen molar-refractivity contribution in [3.8, 4) is 0 Å². The molecule has 1 aromatic carbocycles. The summed E-state index contributed by atoms with van der Waals surface area (Å²) in [7, 11) is 0. The Morgan fingerprint density at radius 3 is 2.67 bits per heavy atom. The predicted octanol–water partition coefficient (Wildman–Crippen LogP) is 2.80. The summed E-state index contributed by atoms with van der Waals surface area (Å²) in [6, 6.07) is 8.67. The summed E-state index contributed by atoms with van der Waals surface area (Å²) < 4.78 is 0. The lowest BCUT2D eigenvalue weighted by Crippen LogP contribution is -2.55. The molecule has 1 atom stereocenters. The molecular formula is C17H24N4. The summed E-state index contributed by atoms with van der Waals surface area (Å²) >= 11 is 0. The fourth-order valence-corrected chi connectivity index (χ4v) is 3.18. The Balaban J connectivity index is 1.85. The van der Waals surface area contributed by atoms with E-state index in [0.29, 0.717) is 12.0 Å². The highest BCUT2D eigenvalue weighted by Gasteiger charge is 2.28. The van der Waals surface area contributed by atoms with Crippen LogP contribution in [0.3, 0.4) is 0 Å². The molecule has 0 bridgehead atoms. The van der Waals surface area contributed by atoms with Crippen LogP contribution in [0, 0.1) is 5.92 Å². The highest BCUT2D eigenvalue weighted by atomic mass is 15.3. The molecule has 4 heteroatoms. The van der Waals surface area contributed by atoms with Crippen molar-refractivity contribution in [2.75, 3.05) is 31.1 Å². The molecule has 4 nitrogen and oxygen atoms in total. The molecule has 0 amide bonds. The Kier molecular flexibility index (Phi) is 4.06. The van der Waals surface area contributed by atoms with Crippen LogP contribution in [0.4, 0.5) is 5.82 Å². The minimum absolute atomic E-state index is 0.594. The van der Waals surface area contributed by atoms with E-state index in [1.807, 2.05) is 30.5 Å². The monoisotopic (exact) mass is 284 g/mol. The quantitative estimate of drug-likeness (QED) is 0.867. The first-order valence-corrected chi connectivity index (χ1v) is 7.90. The summed E-state index contributed by atoms with van der Waals surface area (Å²) in [5.41, 5.74) is 1.95. The van der Waals surface area contributed by atoms with Crippen molar-refractivity contribution in [1.82, 2.24) is 14.9 Å². The van der Waals surface area contributed by atoms with Crippen molar-refractivity contribution >= 4 is 16.9 Å². The van der Waals surface area contributed by atoms with Gasteiger partial charge in [-0.05, 0) is 24.6 Å². The Morgan fingerprint density at radius 1 is 1.19 bits per heavy atom. The lowest BCUT2D eigenvalue weighted by Gasteiger charge is -2.43. The Labute approximate surface area is 126 Å². The third-order valence-corrected chi connectivity index (χ3v) is 4.47. The number of rotatable bonds is 3. The number of likely N-dealkylation sites (N-methyl/N-ethyl adjacent to an activating group) is 1. The lowest BCUT2D eigenvalue weighted by molar-refractivity contribution is 0.145. The molecule has 112 valence electrons. The topological polar surface area (TPSA) is 32.3 Å². The van der Waals surface area contributed by atoms with Gasteiger partial charge in [0.25, 0.3) is 0 Å². The molecule has 2 heterocycles. The summed E-state index contributed by atoms with van der Waals surface area (Å²) in [5.74, 6) is 1.66. The van der Waals surface area contributed by atoms with Gasteiger partial charge in [-0.15, -0.1) is 0 Å². The Bertz CT molecular complexity index is 611. The number of hydrogen-bond acceptors (Lipinski definition) is 4. The van der Waals surface area contributed by atoms with E-state index in [2.05, 4.69) is 35.6 Å². The molecule has 0 spiro atoms. The van der Waals surface area contributed by atoms with E-state index in [1.165, 1.54) is 0 Å². The number of hydrogen-bond donors (Lipinski definition) is 0. The van der Waals surface area contributed by atoms with Crippen LogP contribution in [0.15, 0.2) is 30.5 Å². The van der Waals surface area contributed by atoms with Gasteiger partial charge in [-0.25, -0.2) is 4.98 Å². The van der Waals surface area contributed by atoms with E-state index in [0.717, 1.165) is 43.0 Å². The van der Waals surface area contributed by atoms with E-state index < -0.39 is 0 Å². The largest absolute Gasteiger partial charge is 0.352 e. The zero-order chi connectivity index (χ0) is 14.8. The van der Waals surface area contributed by atoms with Gasteiger partial charge in [0, 0.05) is 25.7 Å². The number of aromatic nitrogens is 2. The maximum absolute atomic E-state index is 4.79. The fourth-order valence-electron chi connectivity index (χ4n) is 3.18. The van der Waals surface area contributed by atoms with Gasteiger partial charge in [-0.1, -0.05) is 32.9 Å². The molecule has 1 aromatic heterocycles. The minimum atomic E-state index is 0.594. The smallest absolute Gasteiger partial charge is 0.147 e. The molecule has 1 aliphatic rings. The molecule has 21 heavy (non-hydrogen) atoms. The molecule has 0 radical (unpaired) electrons. The molecule has 1 saturated heterocycles. The number of fused-ring (bicyclic) bond motifs is 1. The second-order valence-electron chi connectivity index (χ2n) is 6.10. The van der Waals surface area contributed by atoms with Gasteiger partial charge in [0.15, 0.2) is 0 Å². The maximum atomic E-state index is 4.79. The van der Waals surface area contributed by atoms with Crippen molar-refractivity contribution in [3.63, 3.8) is 0 Å². The van der Waals surface area contributed by atoms with Gasteiger partial charge in [-0.2, -0.15) is 0 Å². The Hall–Kier alpha value is -1.68. The van der Waals surface area contributed by atoms with E-state index in [1.54, 1.807) is 0 Å². The zero-order valence-corrected chi connectivity index (χ0v) is 13.2. The first-order chi connectivity index (χ1) is 10.2. The van der Waals surface area contributed by atoms with Crippen LogP contribution in [0.25, 0.3) is 11.0 Å². The van der Waals surface area contributed by atoms with Gasteiger partial charge in [0.2, 0.25) is 0 Å². The third-order valence-electron chi connectivity index (χ3n) is 4.47. The van der Waals surface area contributed by atoms with Crippen LogP contribution in [-0.4, -0.2) is 47.1 Å². The average Bonchev–Trinajstić information content (AvgIpc) is 2.53. The van der Waals surface area contributed by atoms with Crippen LogP contribution < -0.4 is 4.90 Å². The first-order valence-electron chi connectivity index (χ1n) is 7.90. The minimum Gasteiger partial charge on any atom is -0.352 e. The normalized spacial score (nSPS) is 20.4. The number of para-hydroxylation sites is 2. The molecule has 1 fully saturated rings. The number of anilines is 1. The second kappa shape index (κ2) is 5.98. The van der Waals surface area contributed by atoms with Crippen LogP contribution >= 0.6 is 0 Å².